The van der Waals surface area contributed by atoms with Crippen LogP contribution in [0.2, 0.25) is 0 Å². The van der Waals surface area contributed by atoms with Crippen LogP contribution < -0.4 is 0 Å². The zero-order valence-electron chi connectivity index (χ0n) is 16.3. The number of carbonyl (C=O) groups is 1. The fraction of sp³-hybridized carbons (Fsp3) is 0.917. The van der Waals surface area contributed by atoms with Gasteiger partial charge in [-0.3, -0.25) is 4.90 Å². The van der Waals surface area contributed by atoms with Gasteiger partial charge in [0.1, 0.15) is 0 Å². The standard InChI is InChI=1S/C12H21F3N2O2/c1-9(12(13,14)15)19-10(18)16-5-7-17(8-6-16)11(2,3)4/h9H,5-8H2,1-4H3/i5D2,7D2,9D. The van der Waals surface area contributed by atoms with E-state index >= 15 is 0 Å². The topological polar surface area (TPSA) is 32.8 Å². The molecule has 112 valence electrons. The van der Waals surface area contributed by atoms with Crippen molar-refractivity contribution in [3.05, 3.63) is 0 Å². The summed E-state index contributed by atoms with van der Waals surface area (Å²) in [5.41, 5.74) is -0.775. The summed E-state index contributed by atoms with van der Waals surface area (Å²) in [6, 6.07) is 0. The van der Waals surface area contributed by atoms with E-state index < -0.39 is 36.9 Å². The Hall–Kier alpha value is -0.980. The van der Waals surface area contributed by atoms with Gasteiger partial charge in [-0.15, -0.1) is 0 Å². The van der Waals surface area contributed by atoms with Crippen molar-refractivity contribution in [2.75, 3.05) is 26.1 Å². The van der Waals surface area contributed by atoms with Crippen molar-refractivity contribution < 1.29 is 29.6 Å². The van der Waals surface area contributed by atoms with Crippen LogP contribution >= 0.6 is 0 Å². The van der Waals surface area contributed by atoms with Gasteiger partial charge in [-0.05, 0) is 27.7 Å². The Morgan fingerprint density at radius 2 is 1.89 bits per heavy atom. The maximum absolute atomic E-state index is 12.7. The molecule has 1 atom stereocenters. The highest BCUT2D eigenvalue weighted by Crippen LogP contribution is 2.23. The first kappa shape index (κ1) is 9.85. The Kier molecular flexibility index (Phi) is 2.88. The van der Waals surface area contributed by atoms with Crippen LogP contribution in [0, 0.1) is 0 Å². The molecule has 4 nitrogen and oxygen atoms in total. The van der Waals surface area contributed by atoms with Crippen molar-refractivity contribution in [3.8, 4) is 0 Å². The lowest BCUT2D eigenvalue weighted by Gasteiger charge is -2.42. The Bertz CT molecular complexity index is 506. The van der Waals surface area contributed by atoms with Gasteiger partial charge in [0.15, 0.2) is 6.08 Å². The van der Waals surface area contributed by atoms with Gasteiger partial charge in [-0.2, -0.15) is 13.2 Å². The van der Waals surface area contributed by atoms with Crippen molar-refractivity contribution in [2.24, 2.45) is 0 Å². The predicted octanol–water partition coefficient (Wildman–Crippen LogP) is 2.49. The molecule has 7 heteroatoms. The molecular weight excluding hydrogens is 261 g/mol. The number of carbonyl (C=O) groups excluding carboxylic acids is 1. The summed E-state index contributed by atoms with van der Waals surface area (Å²) < 4.78 is 81.0. The van der Waals surface area contributed by atoms with Gasteiger partial charge in [0.25, 0.3) is 0 Å². The van der Waals surface area contributed by atoms with E-state index in [0.29, 0.717) is 6.92 Å². The molecule has 0 bridgehead atoms. The lowest BCUT2D eigenvalue weighted by molar-refractivity contribution is -0.200. The number of ether oxygens (including phenoxy) is 1. The van der Waals surface area contributed by atoms with Gasteiger partial charge >= 0.3 is 12.3 Å². The monoisotopic (exact) mass is 287 g/mol. The summed E-state index contributed by atoms with van der Waals surface area (Å²) in [6.07, 6.45) is -10.5. The van der Waals surface area contributed by atoms with Crippen LogP contribution in [0.4, 0.5) is 18.0 Å². The molecule has 1 saturated heterocycles. The summed E-state index contributed by atoms with van der Waals surface area (Å²) in [5.74, 6) is 0. The Morgan fingerprint density at radius 1 is 1.32 bits per heavy atom. The normalized spacial score (nSPS) is 31.1. The first-order valence-corrected chi connectivity index (χ1v) is 5.71. The largest absolute Gasteiger partial charge is 0.437 e. The minimum Gasteiger partial charge on any atom is -0.437 e. The Labute approximate surface area is 118 Å². The maximum atomic E-state index is 12.7. The average Bonchev–Trinajstić information content (AvgIpc) is 2.28. The molecule has 0 aliphatic carbocycles. The van der Waals surface area contributed by atoms with Gasteiger partial charge in [-0.1, -0.05) is 0 Å². The second-order valence-corrected chi connectivity index (χ2v) is 5.12. The molecule has 0 spiro atoms. The van der Waals surface area contributed by atoms with Gasteiger partial charge in [-0.25, -0.2) is 4.79 Å². The maximum Gasteiger partial charge on any atom is 0.425 e. The van der Waals surface area contributed by atoms with Crippen molar-refractivity contribution in [3.63, 3.8) is 0 Å². The van der Waals surface area contributed by atoms with Crippen molar-refractivity contribution in [1.82, 2.24) is 9.80 Å². The quantitative estimate of drug-likeness (QED) is 0.743. The lowest BCUT2D eigenvalue weighted by atomic mass is 10.1. The van der Waals surface area contributed by atoms with E-state index in [2.05, 4.69) is 4.74 Å². The van der Waals surface area contributed by atoms with Crippen LogP contribution in [-0.2, 0) is 4.74 Å². The van der Waals surface area contributed by atoms with E-state index in [1.54, 1.807) is 20.8 Å². The predicted molar refractivity (Wildman–Crippen MR) is 64.9 cm³/mol. The van der Waals surface area contributed by atoms with E-state index in [4.69, 9.17) is 6.85 Å². The summed E-state index contributed by atoms with van der Waals surface area (Å²) in [6.45, 7) is -0.822. The van der Waals surface area contributed by atoms with Crippen LogP contribution in [0.3, 0.4) is 0 Å². The molecule has 1 fully saturated rings. The summed E-state index contributed by atoms with van der Waals surface area (Å²) >= 11 is 0. The van der Waals surface area contributed by atoms with Crippen LogP contribution in [0.5, 0.6) is 0 Å². The summed E-state index contributed by atoms with van der Waals surface area (Å²) in [5, 5.41) is 0. The molecule has 0 aromatic carbocycles. The average molecular weight is 287 g/mol. The Morgan fingerprint density at radius 3 is 2.37 bits per heavy atom. The van der Waals surface area contributed by atoms with Crippen molar-refractivity contribution >= 4 is 6.09 Å². The number of halogens is 3. The smallest absolute Gasteiger partial charge is 0.425 e. The molecule has 1 heterocycles. The number of alkyl halides is 3. The molecule has 1 aliphatic heterocycles. The third-order valence-electron chi connectivity index (χ3n) is 2.54. The number of amides is 1. The fourth-order valence-corrected chi connectivity index (χ4v) is 1.32. The first-order valence-electron chi connectivity index (χ1n) is 8.21. The zero-order chi connectivity index (χ0) is 19.4. The number of nitrogens with zero attached hydrogens (tertiary/aromatic N) is 2. The molecule has 1 unspecified atom stereocenters. The van der Waals surface area contributed by atoms with Crippen LogP contribution in [0.25, 0.3) is 0 Å². The van der Waals surface area contributed by atoms with Crippen LogP contribution in [0.1, 0.15) is 34.5 Å². The molecule has 19 heavy (non-hydrogen) atoms. The summed E-state index contributed by atoms with van der Waals surface area (Å²) in [7, 11) is 0. The number of hydrogen-bond acceptors (Lipinski definition) is 3. The number of hydrogen-bond donors (Lipinski definition) is 0. The molecular formula is C12H21F3N2O2. The molecule has 0 aromatic rings. The van der Waals surface area contributed by atoms with E-state index in [1.807, 2.05) is 0 Å². The van der Waals surface area contributed by atoms with E-state index in [9.17, 15) is 18.0 Å². The number of rotatable bonds is 1. The lowest BCUT2D eigenvalue weighted by Crippen LogP contribution is -2.55. The highest BCUT2D eigenvalue weighted by atomic mass is 19.4. The summed E-state index contributed by atoms with van der Waals surface area (Å²) in [4.78, 5) is 13.4. The highest BCUT2D eigenvalue weighted by Gasteiger charge is 2.40. The Balaban J connectivity index is 3.10. The van der Waals surface area contributed by atoms with Gasteiger partial charge < -0.3 is 9.64 Å². The first-order chi connectivity index (χ1) is 10.4. The zero-order valence-corrected chi connectivity index (χ0v) is 11.3. The molecule has 0 radical (unpaired) electrons. The molecule has 1 rings (SSSR count). The van der Waals surface area contributed by atoms with Gasteiger partial charge in [0, 0.05) is 34.4 Å². The van der Waals surface area contributed by atoms with Crippen LogP contribution in [-0.4, -0.2) is 59.8 Å². The van der Waals surface area contributed by atoms with E-state index in [0.717, 1.165) is 0 Å². The van der Waals surface area contributed by atoms with Crippen molar-refractivity contribution in [2.45, 2.75) is 45.5 Å². The van der Waals surface area contributed by atoms with E-state index in [1.165, 1.54) is 4.90 Å². The second kappa shape index (κ2) is 5.56. The minimum absolute atomic E-state index is 0.105. The number of piperazine rings is 1. The molecule has 0 saturated carbocycles. The fourth-order valence-electron chi connectivity index (χ4n) is 1.32. The minimum atomic E-state index is -5.17. The molecule has 0 N–H and O–H groups in total. The molecule has 1 aliphatic rings. The van der Waals surface area contributed by atoms with Crippen LogP contribution in [0.15, 0.2) is 0 Å². The SMILES string of the molecule is [2H]C(C)(OC(=O)N1CCN(C(C)(C)C)C([2H])([2H])C1([2H])[2H])C(F)(F)F. The molecule has 1 amide bonds. The third kappa shape index (κ3) is 4.56. The van der Waals surface area contributed by atoms with Gasteiger partial charge in [0.05, 0.1) is 4.11 Å². The van der Waals surface area contributed by atoms with Gasteiger partial charge in [0.2, 0.25) is 0 Å². The van der Waals surface area contributed by atoms with Crippen molar-refractivity contribution in [1.29, 1.82) is 0 Å². The third-order valence-corrected chi connectivity index (χ3v) is 2.54. The second-order valence-electron chi connectivity index (χ2n) is 5.12. The highest BCUT2D eigenvalue weighted by molar-refractivity contribution is 5.68. The van der Waals surface area contributed by atoms with E-state index in [-0.39, 0.29) is 18.0 Å². The molecule has 0 aromatic heterocycles.